The molecule has 1 aromatic carbocycles. The van der Waals surface area contributed by atoms with E-state index in [1.807, 2.05) is 19.2 Å². The van der Waals surface area contributed by atoms with Gasteiger partial charge in [-0.2, -0.15) is 0 Å². The number of benzene rings is 1. The van der Waals surface area contributed by atoms with E-state index in [2.05, 4.69) is 22.8 Å². The summed E-state index contributed by atoms with van der Waals surface area (Å²) in [6.07, 6.45) is 0. The molecule has 0 saturated carbocycles. The van der Waals surface area contributed by atoms with E-state index in [0.29, 0.717) is 0 Å². The van der Waals surface area contributed by atoms with Crippen molar-refractivity contribution in [2.75, 3.05) is 7.05 Å². The maximum Gasteiger partial charge on any atom is 0.109 e. The van der Waals surface area contributed by atoms with E-state index in [1.54, 1.807) is 11.3 Å². The van der Waals surface area contributed by atoms with Crippen molar-refractivity contribution in [1.29, 1.82) is 0 Å². The molecular formula is C10H10ClNS. The highest BCUT2D eigenvalue weighted by Gasteiger charge is 2.09. The number of nitrogens with one attached hydrogen (secondary N) is 1. The van der Waals surface area contributed by atoms with Gasteiger partial charge in [0, 0.05) is 10.3 Å². The van der Waals surface area contributed by atoms with Gasteiger partial charge in [0.1, 0.15) is 5.50 Å². The zero-order valence-corrected chi connectivity index (χ0v) is 8.82. The fraction of sp³-hybridized carbons (Fsp3) is 0.200. The van der Waals surface area contributed by atoms with Crippen LogP contribution in [0, 0.1) is 0 Å². The van der Waals surface area contributed by atoms with Crippen LogP contribution in [0.15, 0.2) is 29.6 Å². The summed E-state index contributed by atoms with van der Waals surface area (Å²) in [5.74, 6) is 0. The third-order valence-electron chi connectivity index (χ3n) is 2.04. The number of fused-ring (bicyclic) bond motifs is 1. The second kappa shape index (κ2) is 3.66. The third kappa shape index (κ3) is 1.57. The molecule has 0 aliphatic carbocycles. The molecule has 13 heavy (non-hydrogen) atoms. The first-order valence-corrected chi connectivity index (χ1v) is 5.42. The Labute approximate surface area is 86.3 Å². The van der Waals surface area contributed by atoms with Crippen molar-refractivity contribution >= 4 is 33.0 Å². The zero-order chi connectivity index (χ0) is 9.26. The Bertz CT molecular complexity index is 410. The van der Waals surface area contributed by atoms with Gasteiger partial charge in [0.15, 0.2) is 0 Å². The molecule has 1 N–H and O–H groups in total. The topological polar surface area (TPSA) is 12.0 Å². The summed E-state index contributed by atoms with van der Waals surface area (Å²) < 4.78 is 1.29. The molecule has 1 atom stereocenters. The molecule has 0 aliphatic heterocycles. The fourth-order valence-corrected chi connectivity index (χ4v) is 2.59. The van der Waals surface area contributed by atoms with Gasteiger partial charge in [-0.15, -0.1) is 22.9 Å². The average molecular weight is 212 g/mol. The molecule has 0 bridgehead atoms. The molecule has 0 spiro atoms. The van der Waals surface area contributed by atoms with Crippen molar-refractivity contribution in [2.45, 2.75) is 5.50 Å². The normalized spacial score (nSPS) is 13.4. The summed E-state index contributed by atoms with van der Waals surface area (Å²) in [7, 11) is 1.87. The van der Waals surface area contributed by atoms with Crippen LogP contribution in [0.3, 0.4) is 0 Å². The van der Waals surface area contributed by atoms with E-state index >= 15 is 0 Å². The van der Waals surface area contributed by atoms with E-state index in [4.69, 9.17) is 11.6 Å². The first-order valence-electron chi connectivity index (χ1n) is 4.10. The van der Waals surface area contributed by atoms with E-state index in [-0.39, 0.29) is 5.50 Å². The number of hydrogen-bond donors (Lipinski definition) is 1. The van der Waals surface area contributed by atoms with Crippen LogP contribution in [0.1, 0.15) is 11.1 Å². The fourth-order valence-electron chi connectivity index (χ4n) is 1.35. The lowest BCUT2D eigenvalue weighted by Crippen LogP contribution is -2.08. The third-order valence-corrected chi connectivity index (χ3v) is 3.47. The predicted octanol–water partition coefficient (Wildman–Crippen LogP) is 3.36. The van der Waals surface area contributed by atoms with E-state index in [0.717, 1.165) is 0 Å². The van der Waals surface area contributed by atoms with Crippen LogP contribution in [0.4, 0.5) is 0 Å². The molecule has 1 aromatic heterocycles. The Hall–Kier alpha value is -0.570. The summed E-state index contributed by atoms with van der Waals surface area (Å²) in [6, 6.07) is 8.31. The number of rotatable bonds is 2. The van der Waals surface area contributed by atoms with Crippen LogP contribution >= 0.6 is 22.9 Å². The molecule has 0 fully saturated rings. The molecular weight excluding hydrogens is 202 g/mol. The maximum atomic E-state index is 6.11. The Morgan fingerprint density at radius 3 is 2.92 bits per heavy atom. The monoisotopic (exact) mass is 211 g/mol. The molecule has 68 valence electrons. The molecule has 0 saturated heterocycles. The maximum absolute atomic E-state index is 6.11. The largest absolute Gasteiger partial charge is 0.301 e. The molecule has 0 amide bonds. The van der Waals surface area contributed by atoms with Crippen molar-refractivity contribution in [1.82, 2.24) is 5.32 Å². The van der Waals surface area contributed by atoms with Crippen LogP contribution in [-0.4, -0.2) is 7.05 Å². The van der Waals surface area contributed by atoms with Crippen molar-refractivity contribution in [3.8, 4) is 0 Å². The van der Waals surface area contributed by atoms with Crippen molar-refractivity contribution in [3.63, 3.8) is 0 Å². The predicted molar refractivity (Wildman–Crippen MR) is 59.5 cm³/mol. The number of hydrogen-bond acceptors (Lipinski definition) is 2. The first-order chi connectivity index (χ1) is 6.33. The minimum absolute atomic E-state index is 0.0869. The lowest BCUT2D eigenvalue weighted by Gasteiger charge is -2.05. The van der Waals surface area contributed by atoms with Gasteiger partial charge in [0.2, 0.25) is 0 Å². The van der Waals surface area contributed by atoms with Crippen molar-refractivity contribution < 1.29 is 0 Å². The van der Waals surface area contributed by atoms with Crippen LogP contribution < -0.4 is 5.32 Å². The minimum Gasteiger partial charge on any atom is -0.301 e. The quantitative estimate of drug-likeness (QED) is 0.594. The van der Waals surface area contributed by atoms with Crippen molar-refractivity contribution in [3.05, 3.63) is 35.2 Å². The van der Waals surface area contributed by atoms with E-state index in [9.17, 15) is 0 Å². The lowest BCUT2D eigenvalue weighted by atomic mass is 10.2. The summed E-state index contributed by atoms with van der Waals surface area (Å²) in [5.41, 5.74) is 1.08. The second-order valence-corrected chi connectivity index (χ2v) is 4.19. The van der Waals surface area contributed by atoms with Gasteiger partial charge in [-0.3, -0.25) is 0 Å². The van der Waals surface area contributed by atoms with Gasteiger partial charge >= 0.3 is 0 Å². The van der Waals surface area contributed by atoms with Gasteiger partial charge in [-0.25, -0.2) is 0 Å². The Morgan fingerprint density at radius 1 is 1.38 bits per heavy atom. The summed E-state index contributed by atoms with van der Waals surface area (Å²) in [6.45, 7) is 0. The summed E-state index contributed by atoms with van der Waals surface area (Å²) >= 11 is 7.84. The Morgan fingerprint density at radius 2 is 2.15 bits per heavy atom. The first kappa shape index (κ1) is 9.00. The van der Waals surface area contributed by atoms with Gasteiger partial charge in [0.05, 0.1) is 0 Å². The number of alkyl halides is 1. The average Bonchev–Trinajstić information content (AvgIpc) is 2.60. The molecule has 1 nitrogen and oxygen atoms in total. The van der Waals surface area contributed by atoms with Crippen LogP contribution in [0.5, 0.6) is 0 Å². The smallest absolute Gasteiger partial charge is 0.109 e. The van der Waals surface area contributed by atoms with Gasteiger partial charge in [0.25, 0.3) is 0 Å². The molecule has 1 heterocycles. The lowest BCUT2D eigenvalue weighted by molar-refractivity contribution is 0.791. The molecule has 1 unspecified atom stereocenters. The molecule has 3 heteroatoms. The summed E-state index contributed by atoms with van der Waals surface area (Å²) in [5, 5.41) is 6.39. The SMILES string of the molecule is CNC(Cl)c1csc2ccccc12. The molecule has 0 radical (unpaired) electrons. The van der Waals surface area contributed by atoms with E-state index in [1.165, 1.54) is 15.6 Å². The van der Waals surface area contributed by atoms with Gasteiger partial charge < -0.3 is 5.32 Å². The standard InChI is InChI=1S/C10H10ClNS/c1-12-10(11)8-6-13-9-5-3-2-4-7(8)9/h2-6,10,12H,1H3. The van der Waals surface area contributed by atoms with E-state index < -0.39 is 0 Å². The zero-order valence-electron chi connectivity index (χ0n) is 7.25. The van der Waals surface area contributed by atoms with Gasteiger partial charge in [-0.05, 0) is 23.9 Å². The second-order valence-electron chi connectivity index (χ2n) is 2.84. The Balaban J connectivity index is 2.57. The Kier molecular flexibility index (Phi) is 2.54. The molecule has 2 aromatic rings. The van der Waals surface area contributed by atoms with Crippen LogP contribution in [0.2, 0.25) is 0 Å². The van der Waals surface area contributed by atoms with Crippen LogP contribution in [-0.2, 0) is 0 Å². The van der Waals surface area contributed by atoms with Crippen molar-refractivity contribution in [2.24, 2.45) is 0 Å². The summed E-state index contributed by atoms with van der Waals surface area (Å²) in [4.78, 5) is 0. The highest BCUT2D eigenvalue weighted by molar-refractivity contribution is 7.17. The van der Waals surface area contributed by atoms with Crippen LogP contribution in [0.25, 0.3) is 10.1 Å². The number of halogens is 1. The minimum atomic E-state index is -0.0869. The number of thiophene rings is 1. The highest BCUT2D eigenvalue weighted by atomic mass is 35.5. The van der Waals surface area contributed by atoms with Gasteiger partial charge in [-0.1, -0.05) is 18.2 Å². The molecule has 2 rings (SSSR count). The molecule has 0 aliphatic rings. The highest BCUT2D eigenvalue weighted by Crippen LogP contribution is 2.31.